The van der Waals surface area contributed by atoms with Crippen LogP contribution in [0.1, 0.15) is 36.0 Å². The highest BCUT2D eigenvalue weighted by Gasteiger charge is 2.07. The molecule has 7 nitrogen and oxygen atoms in total. The lowest BCUT2D eigenvalue weighted by Gasteiger charge is -2.13. The van der Waals surface area contributed by atoms with Crippen molar-refractivity contribution >= 4 is 28.9 Å². The van der Waals surface area contributed by atoms with Crippen molar-refractivity contribution in [2.45, 2.75) is 32.9 Å². The molecular formula is C20H30N6OS. The highest BCUT2D eigenvalue weighted by atomic mass is 32.1. The molecule has 152 valence electrons. The third-order valence-electron chi connectivity index (χ3n) is 3.92. The second-order valence-corrected chi connectivity index (χ2v) is 8.03. The van der Waals surface area contributed by atoms with Gasteiger partial charge in [-0.15, -0.1) is 11.3 Å². The number of hydrogen-bond acceptors (Lipinski definition) is 5. The fourth-order valence-corrected chi connectivity index (χ4v) is 3.38. The second-order valence-electron chi connectivity index (χ2n) is 7.09. The summed E-state index contributed by atoms with van der Waals surface area (Å²) in [6.07, 6.45) is 0. The molecule has 0 aliphatic rings. The highest BCUT2D eigenvalue weighted by molar-refractivity contribution is 7.09. The normalized spacial score (nSPS) is 11.8. The van der Waals surface area contributed by atoms with Crippen molar-refractivity contribution in [3.05, 3.63) is 45.9 Å². The van der Waals surface area contributed by atoms with Crippen molar-refractivity contribution in [3.8, 4) is 0 Å². The molecule has 0 aliphatic heterocycles. The van der Waals surface area contributed by atoms with Gasteiger partial charge in [0.25, 0.3) is 0 Å². The van der Waals surface area contributed by atoms with Gasteiger partial charge in [0.15, 0.2) is 5.96 Å². The summed E-state index contributed by atoms with van der Waals surface area (Å²) in [4.78, 5) is 22.6. The Labute approximate surface area is 171 Å². The van der Waals surface area contributed by atoms with Gasteiger partial charge >= 0.3 is 0 Å². The predicted molar refractivity (Wildman–Crippen MR) is 117 cm³/mol. The summed E-state index contributed by atoms with van der Waals surface area (Å²) < 4.78 is 0. The molecule has 3 N–H and O–H groups in total. The number of nitrogens with zero attached hydrogens (tertiary/aromatic N) is 3. The lowest BCUT2D eigenvalue weighted by Crippen LogP contribution is -2.36. The van der Waals surface area contributed by atoms with Crippen molar-refractivity contribution in [1.82, 2.24) is 20.5 Å². The van der Waals surface area contributed by atoms with E-state index in [1.54, 1.807) is 18.4 Å². The minimum absolute atomic E-state index is 0.0307. The molecule has 0 saturated heterocycles. The van der Waals surface area contributed by atoms with Gasteiger partial charge in [-0.2, -0.15) is 0 Å². The molecule has 0 unspecified atom stereocenters. The van der Waals surface area contributed by atoms with Gasteiger partial charge in [-0.1, -0.05) is 26.0 Å². The number of rotatable bonds is 8. The van der Waals surface area contributed by atoms with Crippen LogP contribution in [0.25, 0.3) is 0 Å². The quantitative estimate of drug-likeness (QED) is 0.467. The standard InChI is InChI=1S/C20H30N6OS/c1-14(2)17-13-28-19(25-17)11-23-20(21-3)22-10-15-7-6-8-16(9-15)24-18(27)12-26(4)5/h6-9,13-14H,10-12H2,1-5H3,(H,24,27)(H2,21,22,23). The molecule has 28 heavy (non-hydrogen) atoms. The van der Waals surface area contributed by atoms with Gasteiger partial charge in [0.05, 0.1) is 18.8 Å². The molecule has 1 heterocycles. The van der Waals surface area contributed by atoms with E-state index in [4.69, 9.17) is 0 Å². The Hall–Kier alpha value is -2.45. The number of anilines is 1. The van der Waals surface area contributed by atoms with Crippen LogP contribution in [0.3, 0.4) is 0 Å². The number of likely N-dealkylation sites (N-methyl/N-ethyl adjacent to an activating group) is 1. The lowest BCUT2D eigenvalue weighted by atomic mass is 10.2. The Morgan fingerprint density at radius 1 is 1.25 bits per heavy atom. The SMILES string of the molecule is CN=C(NCc1cccc(NC(=O)CN(C)C)c1)NCc1nc(C(C)C)cs1. The molecule has 0 fully saturated rings. The van der Waals surface area contributed by atoms with Gasteiger partial charge in [0.2, 0.25) is 5.91 Å². The molecule has 0 atom stereocenters. The first-order valence-electron chi connectivity index (χ1n) is 9.29. The molecule has 0 spiro atoms. The first-order chi connectivity index (χ1) is 13.4. The van der Waals surface area contributed by atoms with E-state index in [0.717, 1.165) is 22.0 Å². The van der Waals surface area contributed by atoms with Gasteiger partial charge in [0.1, 0.15) is 5.01 Å². The van der Waals surface area contributed by atoms with E-state index in [0.29, 0.717) is 31.5 Å². The van der Waals surface area contributed by atoms with Crippen molar-refractivity contribution in [2.75, 3.05) is 33.0 Å². The maximum atomic E-state index is 11.9. The van der Waals surface area contributed by atoms with Gasteiger partial charge in [-0.3, -0.25) is 9.79 Å². The third-order valence-corrected chi connectivity index (χ3v) is 4.79. The van der Waals surface area contributed by atoms with Crippen LogP contribution in [0.2, 0.25) is 0 Å². The Balaban J connectivity index is 1.85. The molecule has 0 bridgehead atoms. The smallest absolute Gasteiger partial charge is 0.238 e. The van der Waals surface area contributed by atoms with Crippen LogP contribution in [0, 0.1) is 0 Å². The first-order valence-corrected chi connectivity index (χ1v) is 10.2. The third kappa shape index (κ3) is 7.28. The largest absolute Gasteiger partial charge is 0.352 e. The van der Waals surface area contributed by atoms with Crippen LogP contribution in [-0.4, -0.2) is 49.4 Å². The minimum atomic E-state index is -0.0307. The number of carbonyl (C=O) groups excluding carboxylic acids is 1. The molecule has 8 heteroatoms. The summed E-state index contributed by atoms with van der Waals surface area (Å²) in [6, 6.07) is 7.79. The molecule has 0 aliphatic carbocycles. The second kappa shape index (κ2) is 10.8. The van der Waals surface area contributed by atoms with E-state index in [-0.39, 0.29) is 5.91 Å². The molecule has 1 amide bonds. The van der Waals surface area contributed by atoms with Gasteiger partial charge in [0, 0.05) is 24.7 Å². The molecule has 2 rings (SSSR count). The van der Waals surface area contributed by atoms with E-state index in [1.165, 1.54) is 0 Å². The maximum Gasteiger partial charge on any atom is 0.238 e. The fraction of sp³-hybridized carbons (Fsp3) is 0.450. The lowest BCUT2D eigenvalue weighted by molar-refractivity contribution is -0.116. The van der Waals surface area contributed by atoms with Crippen molar-refractivity contribution in [3.63, 3.8) is 0 Å². The summed E-state index contributed by atoms with van der Waals surface area (Å²) in [5.41, 5.74) is 2.97. The van der Waals surface area contributed by atoms with E-state index >= 15 is 0 Å². The Bertz CT molecular complexity index is 799. The number of carbonyl (C=O) groups is 1. The minimum Gasteiger partial charge on any atom is -0.352 e. The van der Waals surface area contributed by atoms with Crippen LogP contribution in [0.4, 0.5) is 5.69 Å². The number of guanidine groups is 1. The highest BCUT2D eigenvalue weighted by Crippen LogP contribution is 2.17. The monoisotopic (exact) mass is 402 g/mol. The van der Waals surface area contributed by atoms with Crippen LogP contribution < -0.4 is 16.0 Å². The van der Waals surface area contributed by atoms with Crippen molar-refractivity contribution < 1.29 is 4.79 Å². The van der Waals surface area contributed by atoms with E-state index in [9.17, 15) is 4.79 Å². The number of hydrogen-bond donors (Lipinski definition) is 3. The van der Waals surface area contributed by atoms with Gasteiger partial charge in [-0.25, -0.2) is 4.98 Å². The summed E-state index contributed by atoms with van der Waals surface area (Å²) >= 11 is 1.66. The van der Waals surface area contributed by atoms with Crippen molar-refractivity contribution in [2.24, 2.45) is 4.99 Å². The molecule has 1 aromatic heterocycles. The molecular weight excluding hydrogens is 372 g/mol. The summed E-state index contributed by atoms with van der Waals surface area (Å²) in [5.74, 6) is 1.12. The van der Waals surface area contributed by atoms with Crippen LogP contribution in [-0.2, 0) is 17.9 Å². The molecule has 0 saturated carbocycles. The van der Waals surface area contributed by atoms with Crippen molar-refractivity contribution in [1.29, 1.82) is 0 Å². The summed E-state index contributed by atoms with van der Waals surface area (Å²) in [5, 5.41) is 12.6. The van der Waals surface area contributed by atoms with E-state index in [1.807, 2.05) is 43.3 Å². The van der Waals surface area contributed by atoms with Gasteiger partial charge < -0.3 is 20.9 Å². The number of thiazole rings is 1. The number of aromatic nitrogens is 1. The molecule has 2 aromatic rings. The Morgan fingerprint density at radius 3 is 2.64 bits per heavy atom. The zero-order valence-electron chi connectivity index (χ0n) is 17.2. The average molecular weight is 403 g/mol. The van der Waals surface area contributed by atoms with Crippen LogP contribution in [0.5, 0.6) is 0 Å². The number of amides is 1. The summed E-state index contributed by atoms with van der Waals surface area (Å²) in [7, 11) is 5.48. The van der Waals surface area contributed by atoms with E-state index in [2.05, 4.69) is 45.2 Å². The van der Waals surface area contributed by atoms with Crippen LogP contribution >= 0.6 is 11.3 Å². The zero-order valence-corrected chi connectivity index (χ0v) is 18.1. The number of benzene rings is 1. The topological polar surface area (TPSA) is 81.7 Å². The maximum absolute atomic E-state index is 11.9. The average Bonchev–Trinajstić information content (AvgIpc) is 3.11. The first kappa shape index (κ1) is 21.8. The predicted octanol–water partition coefficient (Wildman–Crippen LogP) is 2.63. The van der Waals surface area contributed by atoms with E-state index < -0.39 is 0 Å². The zero-order chi connectivity index (χ0) is 20.5. The fourth-order valence-electron chi connectivity index (χ4n) is 2.48. The van der Waals surface area contributed by atoms with Crippen LogP contribution in [0.15, 0.2) is 34.6 Å². The Kier molecular flexibility index (Phi) is 8.41. The Morgan fingerprint density at radius 2 is 2.00 bits per heavy atom. The van der Waals surface area contributed by atoms with Gasteiger partial charge in [-0.05, 0) is 37.7 Å². The summed E-state index contributed by atoms with van der Waals surface area (Å²) in [6.45, 7) is 5.88. The number of aliphatic imine (C=N–C) groups is 1. The number of nitrogens with one attached hydrogen (secondary N) is 3. The molecule has 1 aromatic carbocycles. The molecule has 0 radical (unpaired) electrons.